The van der Waals surface area contributed by atoms with Gasteiger partial charge in [-0.05, 0) is 36.2 Å². The van der Waals surface area contributed by atoms with Crippen LogP contribution in [-0.2, 0) is 4.79 Å². The summed E-state index contributed by atoms with van der Waals surface area (Å²) < 4.78 is 0. The number of benzene rings is 2. The van der Waals surface area contributed by atoms with E-state index < -0.39 is 0 Å². The van der Waals surface area contributed by atoms with Crippen molar-refractivity contribution in [2.24, 2.45) is 0 Å². The standard InChI is InChI=1S/C22H24N2O3/c1-3-20(25)18-8-4-6-16(12-18)17-7-5-9-19(13-17)22(27)24-11-10-21(26)23-14-15(24)2/h4-9,12-13,15H,3,10-11,14H2,1-2H3,(H,23,26)/t15-/m0/s1. The van der Waals surface area contributed by atoms with Crippen LogP contribution in [0.1, 0.15) is 47.4 Å². The molecule has 27 heavy (non-hydrogen) atoms. The Hall–Kier alpha value is -2.95. The van der Waals surface area contributed by atoms with Crippen LogP contribution in [0.5, 0.6) is 0 Å². The number of rotatable bonds is 4. The molecule has 5 nitrogen and oxygen atoms in total. The number of carbonyl (C=O) groups excluding carboxylic acids is 3. The molecule has 1 heterocycles. The summed E-state index contributed by atoms with van der Waals surface area (Å²) in [5.41, 5.74) is 3.06. The van der Waals surface area contributed by atoms with Crippen molar-refractivity contribution in [1.29, 1.82) is 0 Å². The molecule has 1 fully saturated rings. The van der Waals surface area contributed by atoms with E-state index in [0.29, 0.717) is 37.1 Å². The van der Waals surface area contributed by atoms with Crippen molar-refractivity contribution in [3.8, 4) is 11.1 Å². The van der Waals surface area contributed by atoms with Gasteiger partial charge in [-0.1, -0.05) is 37.3 Å². The van der Waals surface area contributed by atoms with E-state index in [9.17, 15) is 14.4 Å². The maximum Gasteiger partial charge on any atom is 0.254 e. The molecule has 140 valence electrons. The van der Waals surface area contributed by atoms with Gasteiger partial charge in [-0.3, -0.25) is 14.4 Å². The van der Waals surface area contributed by atoms with Crippen LogP contribution in [-0.4, -0.2) is 41.6 Å². The Morgan fingerprint density at radius 2 is 1.70 bits per heavy atom. The number of amides is 2. The van der Waals surface area contributed by atoms with Crippen LogP contribution in [0.3, 0.4) is 0 Å². The second-order valence-corrected chi connectivity index (χ2v) is 6.84. The van der Waals surface area contributed by atoms with E-state index in [-0.39, 0.29) is 23.6 Å². The summed E-state index contributed by atoms with van der Waals surface area (Å²) in [6, 6.07) is 14.8. The highest BCUT2D eigenvalue weighted by Crippen LogP contribution is 2.23. The maximum atomic E-state index is 13.0. The van der Waals surface area contributed by atoms with Gasteiger partial charge in [0.2, 0.25) is 5.91 Å². The molecule has 0 unspecified atom stereocenters. The first-order chi connectivity index (χ1) is 13.0. The first-order valence-electron chi connectivity index (χ1n) is 9.31. The van der Waals surface area contributed by atoms with Crippen LogP contribution >= 0.6 is 0 Å². The minimum absolute atomic E-state index is 0.0247. The molecule has 0 spiro atoms. The minimum Gasteiger partial charge on any atom is -0.354 e. The Morgan fingerprint density at radius 3 is 2.37 bits per heavy atom. The summed E-state index contributed by atoms with van der Waals surface area (Å²) in [6.07, 6.45) is 0.776. The van der Waals surface area contributed by atoms with Crippen LogP contribution in [0, 0.1) is 0 Å². The molecule has 2 aromatic carbocycles. The minimum atomic E-state index is -0.0818. The summed E-state index contributed by atoms with van der Waals surface area (Å²) in [7, 11) is 0. The summed E-state index contributed by atoms with van der Waals surface area (Å²) >= 11 is 0. The fourth-order valence-electron chi connectivity index (χ4n) is 3.28. The highest BCUT2D eigenvalue weighted by Gasteiger charge is 2.25. The molecule has 0 radical (unpaired) electrons. The van der Waals surface area contributed by atoms with Crippen LogP contribution in [0.2, 0.25) is 0 Å². The molecule has 2 amide bonds. The molecule has 2 aromatic rings. The lowest BCUT2D eigenvalue weighted by atomic mass is 9.98. The zero-order valence-corrected chi connectivity index (χ0v) is 15.7. The van der Waals surface area contributed by atoms with E-state index in [1.165, 1.54) is 0 Å². The van der Waals surface area contributed by atoms with Gasteiger partial charge in [-0.15, -0.1) is 0 Å². The average Bonchev–Trinajstić information content (AvgIpc) is 2.88. The zero-order chi connectivity index (χ0) is 19.4. The quantitative estimate of drug-likeness (QED) is 0.847. The van der Waals surface area contributed by atoms with Gasteiger partial charge in [0.1, 0.15) is 0 Å². The van der Waals surface area contributed by atoms with Crippen LogP contribution < -0.4 is 5.32 Å². The van der Waals surface area contributed by atoms with Crippen LogP contribution in [0.15, 0.2) is 48.5 Å². The fourth-order valence-corrected chi connectivity index (χ4v) is 3.28. The van der Waals surface area contributed by atoms with Crippen molar-refractivity contribution >= 4 is 17.6 Å². The predicted molar refractivity (Wildman–Crippen MR) is 105 cm³/mol. The Bertz CT molecular complexity index is 875. The highest BCUT2D eigenvalue weighted by molar-refractivity contribution is 5.98. The van der Waals surface area contributed by atoms with E-state index in [0.717, 1.165) is 11.1 Å². The molecule has 0 bridgehead atoms. The number of ketones is 1. The van der Waals surface area contributed by atoms with Gasteiger partial charge in [-0.2, -0.15) is 0 Å². The van der Waals surface area contributed by atoms with Gasteiger partial charge < -0.3 is 10.2 Å². The van der Waals surface area contributed by atoms with Gasteiger partial charge in [0.25, 0.3) is 5.91 Å². The van der Waals surface area contributed by atoms with Crippen molar-refractivity contribution in [3.63, 3.8) is 0 Å². The summed E-state index contributed by atoms with van der Waals surface area (Å²) in [5.74, 6) is -0.00964. The average molecular weight is 364 g/mol. The van der Waals surface area contributed by atoms with Crippen LogP contribution in [0.4, 0.5) is 0 Å². The third kappa shape index (κ3) is 4.25. The number of Topliss-reactive ketones (excluding diaryl/α,β-unsaturated/α-hetero) is 1. The first-order valence-corrected chi connectivity index (χ1v) is 9.31. The molecule has 0 saturated carbocycles. The van der Waals surface area contributed by atoms with E-state index >= 15 is 0 Å². The molecule has 0 aliphatic carbocycles. The number of carbonyl (C=O) groups is 3. The normalized spacial score (nSPS) is 17.2. The number of nitrogens with zero attached hydrogens (tertiary/aromatic N) is 1. The van der Waals surface area contributed by atoms with Crippen LogP contribution in [0.25, 0.3) is 11.1 Å². The second kappa shape index (κ2) is 8.16. The van der Waals surface area contributed by atoms with Crippen molar-refractivity contribution < 1.29 is 14.4 Å². The SMILES string of the molecule is CCC(=O)c1cccc(-c2cccc(C(=O)N3CCC(=O)NC[C@@H]3C)c2)c1. The van der Waals surface area contributed by atoms with E-state index in [4.69, 9.17) is 0 Å². The summed E-state index contributed by atoms with van der Waals surface area (Å²) in [5, 5.41) is 2.83. The number of hydrogen-bond acceptors (Lipinski definition) is 3. The maximum absolute atomic E-state index is 13.0. The Kier molecular flexibility index (Phi) is 5.69. The third-order valence-electron chi connectivity index (χ3n) is 4.92. The smallest absolute Gasteiger partial charge is 0.254 e. The largest absolute Gasteiger partial charge is 0.354 e. The fraction of sp³-hybridized carbons (Fsp3) is 0.318. The van der Waals surface area contributed by atoms with E-state index in [2.05, 4.69) is 5.32 Å². The zero-order valence-electron chi connectivity index (χ0n) is 15.7. The topological polar surface area (TPSA) is 66.5 Å². The molecule has 1 N–H and O–H groups in total. The van der Waals surface area contributed by atoms with Crippen molar-refractivity contribution in [2.45, 2.75) is 32.7 Å². The highest BCUT2D eigenvalue weighted by atomic mass is 16.2. The van der Waals surface area contributed by atoms with Gasteiger partial charge in [-0.25, -0.2) is 0 Å². The molecule has 1 aliphatic rings. The predicted octanol–water partition coefficient (Wildman–Crippen LogP) is 3.30. The molecule has 5 heteroatoms. The lowest BCUT2D eigenvalue weighted by Gasteiger charge is -2.26. The van der Waals surface area contributed by atoms with E-state index in [1.54, 1.807) is 11.0 Å². The van der Waals surface area contributed by atoms with Crippen molar-refractivity contribution in [1.82, 2.24) is 10.2 Å². The van der Waals surface area contributed by atoms with Gasteiger partial charge >= 0.3 is 0 Å². The van der Waals surface area contributed by atoms with Gasteiger partial charge in [0.05, 0.1) is 0 Å². The second-order valence-electron chi connectivity index (χ2n) is 6.84. The van der Waals surface area contributed by atoms with Crippen molar-refractivity contribution in [2.75, 3.05) is 13.1 Å². The molecule has 1 saturated heterocycles. The Labute approximate surface area is 159 Å². The Balaban J connectivity index is 1.88. The number of nitrogens with one attached hydrogen (secondary N) is 1. The molecule has 0 aromatic heterocycles. The third-order valence-corrected chi connectivity index (χ3v) is 4.92. The van der Waals surface area contributed by atoms with Gasteiger partial charge in [0.15, 0.2) is 5.78 Å². The lowest BCUT2D eigenvalue weighted by Crippen LogP contribution is -2.41. The first kappa shape index (κ1) is 18.8. The molecular formula is C22H24N2O3. The monoisotopic (exact) mass is 364 g/mol. The molecule has 1 aliphatic heterocycles. The van der Waals surface area contributed by atoms with E-state index in [1.807, 2.05) is 56.3 Å². The summed E-state index contributed by atoms with van der Waals surface area (Å²) in [4.78, 5) is 38.3. The summed E-state index contributed by atoms with van der Waals surface area (Å²) in [6.45, 7) is 4.66. The van der Waals surface area contributed by atoms with Gasteiger partial charge in [0, 0.05) is 43.1 Å². The lowest BCUT2D eigenvalue weighted by molar-refractivity contribution is -0.120. The molecular weight excluding hydrogens is 340 g/mol. The molecule has 3 rings (SSSR count). The number of hydrogen-bond donors (Lipinski definition) is 1. The van der Waals surface area contributed by atoms with Crippen molar-refractivity contribution in [3.05, 3.63) is 59.7 Å². The molecule has 1 atom stereocenters. The Morgan fingerprint density at radius 1 is 1.07 bits per heavy atom.